The quantitative estimate of drug-likeness (QED) is 0.231. The van der Waals surface area contributed by atoms with Crippen LogP contribution < -0.4 is 9.47 Å². The third kappa shape index (κ3) is 6.61. The predicted octanol–water partition coefficient (Wildman–Crippen LogP) is 5.40. The summed E-state index contributed by atoms with van der Waals surface area (Å²) >= 11 is 0. The number of hydrogen-bond donors (Lipinski definition) is 3. The molecule has 3 N–H and O–H groups in total. The second kappa shape index (κ2) is 12.0. The van der Waals surface area contributed by atoms with Gasteiger partial charge in [-0.2, -0.15) is 0 Å². The van der Waals surface area contributed by atoms with Gasteiger partial charge in [-0.1, -0.05) is 38.1 Å². The van der Waals surface area contributed by atoms with Gasteiger partial charge in [0.25, 0.3) is 0 Å². The van der Waals surface area contributed by atoms with Gasteiger partial charge in [-0.05, 0) is 89.9 Å². The first-order chi connectivity index (χ1) is 18.0. The number of methoxy groups -OCH3 is 2. The van der Waals surface area contributed by atoms with Crippen LogP contribution >= 0.6 is 0 Å². The SMILES string of the molecule is COc1cc(/C=C(\C(=O)/C=C/C2=C(C)C(O)CCC2(C)C)C(=O)/C=C/c2ccc(O)c(OC)c2)ccc1O. The molecule has 0 heterocycles. The van der Waals surface area contributed by atoms with Crippen molar-refractivity contribution in [2.75, 3.05) is 14.2 Å². The fourth-order valence-corrected chi connectivity index (χ4v) is 4.44. The van der Waals surface area contributed by atoms with Crippen molar-refractivity contribution >= 4 is 23.7 Å². The first-order valence-corrected chi connectivity index (χ1v) is 12.3. The highest BCUT2D eigenvalue weighted by Gasteiger charge is 2.31. The van der Waals surface area contributed by atoms with Crippen molar-refractivity contribution in [3.63, 3.8) is 0 Å². The van der Waals surface area contributed by atoms with Crippen LogP contribution in [0.1, 0.15) is 44.7 Å². The van der Waals surface area contributed by atoms with Crippen LogP contribution in [0.15, 0.2) is 71.3 Å². The Labute approximate surface area is 223 Å². The molecule has 200 valence electrons. The number of phenolic OH excluding ortho intramolecular Hbond substituents is 2. The zero-order chi connectivity index (χ0) is 28.0. The van der Waals surface area contributed by atoms with Gasteiger partial charge in [0.15, 0.2) is 34.6 Å². The molecular weight excluding hydrogens is 484 g/mol. The van der Waals surface area contributed by atoms with E-state index in [0.29, 0.717) is 17.5 Å². The van der Waals surface area contributed by atoms with E-state index >= 15 is 0 Å². The van der Waals surface area contributed by atoms with Crippen LogP contribution in [0, 0.1) is 5.41 Å². The Morgan fingerprint density at radius 1 is 0.895 bits per heavy atom. The molecule has 0 aliphatic heterocycles. The van der Waals surface area contributed by atoms with Gasteiger partial charge in [0.05, 0.1) is 25.9 Å². The molecule has 1 atom stereocenters. The summed E-state index contributed by atoms with van der Waals surface area (Å²) < 4.78 is 10.3. The van der Waals surface area contributed by atoms with Crippen LogP contribution in [0.3, 0.4) is 0 Å². The third-order valence-corrected chi connectivity index (χ3v) is 6.77. The number of allylic oxidation sites excluding steroid dienone is 5. The lowest BCUT2D eigenvalue weighted by molar-refractivity contribution is -0.116. The fourth-order valence-electron chi connectivity index (χ4n) is 4.44. The molecule has 3 rings (SSSR count). The Morgan fingerprint density at radius 2 is 1.42 bits per heavy atom. The van der Waals surface area contributed by atoms with Crippen LogP contribution in [0.2, 0.25) is 0 Å². The molecule has 0 spiro atoms. The molecule has 7 nitrogen and oxygen atoms in total. The molecule has 0 saturated heterocycles. The summed E-state index contributed by atoms with van der Waals surface area (Å²) in [5.41, 5.74) is 2.45. The molecule has 1 aliphatic rings. The summed E-state index contributed by atoms with van der Waals surface area (Å²) in [6, 6.07) is 9.16. The van der Waals surface area contributed by atoms with E-state index in [1.165, 1.54) is 56.7 Å². The van der Waals surface area contributed by atoms with E-state index in [1.54, 1.807) is 24.3 Å². The Hall–Kier alpha value is -4.10. The van der Waals surface area contributed by atoms with E-state index in [0.717, 1.165) is 17.6 Å². The van der Waals surface area contributed by atoms with Crippen molar-refractivity contribution in [2.24, 2.45) is 5.41 Å². The van der Waals surface area contributed by atoms with Gasteiger partial charge >= 0.3 is 0 Å². The molecule has 0 amide bonds. The van der Waals surface area contributed by atoms with Crippen molar-refractivity contribution in [1.29, 1.82) is 0 Å². The van der Waals surface area contributed by atoms with Crippen molar-refractivity contribution in [3.05, 3.63) is 82.5 Å². The number of ketones is 2. The maximum absolute atomic E-state index is 13.4. The van der Waals surface area contributed by atoms with Crippen LogP contribution in [0.25, 0.3) is 12.2 Å². The van der Waals surface area contributed by atoms with E-state index in [-0.39, 0.29) is 34.0 Å². The standard InChI is InChI=1S/C31H34O7/c1-19-23(31(2,3)15-14-24(19)32)9-13-26(34)22(16-21-8-12-28(36)30(18-21)38-5)25(33)10-6-20-7-11-27(35)29(17-20)37-4/h6-13,16-18,24,32,35-36H,14-15H2,1-5H3/b10-6+,13-9+,22-16-. The first kappa shape index (κ1) is 28.5. The van der Waals surface area contributed by atoms with Crippen molar-refractivity contribution in [2.45, 2.75) is 39.7 Å². The minimum Gasteiger partial charge on any atom is -0.504 e. The highest BCUT2D eigenvalue weighted by Crippen LogP contribution is 2.41. The van der Waals surface area contributed by atoms with E-state index in [4.69, 9.17) is 9.47 Å². The van der Waals surface area contributed by atoms with E-state index in [1.807, 2.05) is 6.92 Å². The highest BCUT2D eigenvalue weighted by atomic mass is 16.5. The number of aliphatic hydroxyl groups is 1. The number of benzene rings is 2. The van der Waals surface area contributed by atoms with Gasteiger partial charge in [0, 0.05) is 0 Å². The lowest BCUT2D eigenvalue weighted by atomic mass is 9.71. The molecular formula is C31H34O7. The number of carbonyl (C=O) groups is 2. The maximum atomic E-state index is 13.4. The first-order valence-electron chi connectivity index (χ1n) is 12.3. The van der Waals surface area contributed by atoms with Crippen molar-refractivity contribution in [1.82, 2.24) is 0 Å². The normalized spacial score (nSPS) is 17.7. The van der Waals surface area contributed by atoms with Gasteiger partial charge < -0.3 is 24.8 Å². The lowest BCUT2D eigenvalue weighted by Crippen LogP contribution is -2.27. The number of ether oxygens (including phenoxy) is 2. The van der Waals surface area contributed by atoms with Gasteiger partial charge in [0.2, 0.25) is 0 Å². The van der Waals surface area contributed by atoms with E-state index in [9.17, 15) is 24.9 Å². The second-order valence-electron chi connectivity index (χ2n) is 9.85. The topological polar surface area (TPSA) is 113 Å². The zero-order valence-electron chi connectivity index (χ0n) is 22.3. The average molecular weight is 519 g/mol. The minimum atomic E-state index is -0.566. The molecule has 1 unspecified atom stereocenters. The van der Waals surface area contributed by atoms with Crippen LogP contribution in [-0.2, 0) is 9.59 Å². The molecule has 0 aromatic heterocycles. The fraction of sp³-hybridized carbons (Fsp3) is 0.290. The van der Waals surface area contributed by atoms with Crippen molar-refractivity contribution < 1.29 is 34.4 Å². The predicted molar refractivity (Wildman–Crippen MR) is 147 cm³/mol. The number of aliphatic hydroxyl groups excluding tert-OH is 1. The van der Waals surface area contributed by atoms with E-state index < -0.39 is 17.7 Å². The largest absolute Gasteiger partial charge is 0.504 e. The Bertz CT molecular complexity index is 1340. The van der Waals surface area contributed by atoms with Gasteiger partial charge in [0.1, 0.15) is 0 Å². The zero-order valence-corrected chi connectivity index (χ0v) is 22.3. The number of rotatable bonds is 9. The Morgan fingerprint density at radius 3 is 2.00 bits per heavy atom. The summed E-state index contributed by atoms with van der Waals surface area (Å²) in [7, 11) is 2.84. The number of carbonyl (C=O) groups excluding carboxylic acids is 2. The molecule has 7 heteroatoms. The second-order valence-corrected chi connectivity index (χ2v) is 9.85. The summed E-state index contributed by atoms with van der Waals surface area (Å²) in [5, 5.41) is 30.1. The van der Waals surface area contributed by atoms with Gasteiger partial charge in [-0.3, -0.25) is 9.59 Å². The molecule has 1 aliphatic carbocycles. The van der Waals surface area contributed by atoms with Gasteiger partial charge in [-0.15, -0.1) is 0 Å². The summed E-state index contributed by atoms with van der Waals surface area (Å²) in [6.45, 7) is 5.98. The van der Waals surface area contributed by atoms with Crippen LogP contribution in [0.5, 0.6) is 23.0 Å². The molecule has 0 saturated carbocycles. The summed E-state index contributed by atoms with van der Waals surface area (Å²) in [5.74, 6) is -0.673. The Balaban J connectivity index is 2.01. The number of phenols is 2. The average Bonchev–Trinajstić information content (AvgIpc) is 2.89. The molecule has 0 radical (unpaired) electrons. The smallest absolute Gasteiger partial charge is 0.189 e. The molecule has 0 fully saturated rings. The molecule has 38 heavy (non-hydrogen) atoms. The third-order valence-electron chi connectivity index (χ3n) is 6.77. The summed E-state index contributed by atoms with van der Waals surface area (Å²) in [4.78, 5) is 26.7. The minimum absolute atomic E-state index is 0.0292. The van der Waals surface area contributed by atoms with Crippen molar-refractivity contribution in [3.8, 4) is 23.0 Å². The van der Waals surface area contributed by atoms with E-state index in [2.05, 4.69) is 13.8 Å². The van der Waals surface area contributed by atoms with Crippen LogP contribution in [-0.4, -0.2) is 47.2 Å². The highest BCUT2D eigenvalue weighted by molar-refractivity contribution is 6.30. The number of aromatic hydroxyl groups is 2. The summed E-state index contributed by atoms with van der Waals surface area (Å²) in [6.07, 6.45) is 8.16. The van der Waals surface area contributed by atoms with Crippen LogP contribution in [0.4, 0.5) is 0 Å². The monoisotopic (exact) mass is 518 g/mol. The Kier molecular flexibility index (Phi) is 8.96. The lowest BCUT2D eigenvalue weighted by Gasteiger charge is -2.35. The molecule has 2 aromatic carbocycles. The maximum Gasteiger partial charge on any atom is 0.189 e. The molecule has 2 aromatic rings. The van der Waals surface area contributed by atoms with Gasteiger partial charge in [-0.25, -0.2) is 0 Å². The number of hydrogen-bond acceptors (Lipinski definition) is 7. The molecule has 0 bridgehead atoms.